The highest BCUT2D eigenvalue weighted by molar-refractivity contribution is 6.04. The van der Waals surface area contributed by atoms with Gasteiger partial charge in [0, 0.05) is 31.5 Å². The summed E-state index contributed by atoms with van der Waals surface area (Å²) in [5.41, 5.74) is 2.12. The van der Waals surface area contributed by atoms with Crippen molar-refractivity contribution >= 4 is 17.5 Å². The summed E-state index contributed by atoms with van der Waals surface area (Å²) in [5.74, 6) is 0.555. The lowest BCUT2D eigenvalue weighted by molar-refractivity contribution is 0.0988. The van der Waals surface area contributed by atoms with Crippen LogP contribution in [-0.4, -0.2) is 36.0 Å². The third kappa shape index (κ3) is 2.93. The van der Waals surface area contributed by atoms with Gasteiger partial charge in [0.2, 0.25) is 5.95 Å². The molecule has 2 heterocycles. The van der Waals surface area contributed by atoms with Crippen molar-refractivity contribution in [2.45, 2.75) is 19.8 Å². The first-order valence-corrected chi connectivity index (χ1v) is 7.59. The Hall–Kier alpha value is -2.43. The van der Waals surface area contributed by atoms with E-state index in [9.17, 15) is 4.79 Å². The summed E-state index contributed by atoms with van der Waals surface area (Å²) in [4.78, 5) is 25.4. The van der Waals surface area contributed by atoms with Crippen LogP contribution in [0.1, 0.15) is 29.0 Å². The maximum atomic E-state index is 12.7. The van der Waals surface area contributed by atoms with E-state index in [1.54, 1.807) is 18.0 Å². The SMILES string of the molecule is Cc1cc(C(=O)N(C)c2ccccc2)nc(N2CCCC2)n1. The van der Waals surface area contributed by atoms with Gasteiger partial charge in [-0.05, 0) is 38.0 Å². The van der Waals surface area contributed by atoms with Crippen LogP contribution in [0.2, 0.25) is 0 Å². The number of carbonyl (C=O) groups excluding carboxylic acids is 1. The number of para-hydroxylation sites is 1. The molecule has 3 rings (SSSR count). The van der Waals surface area contributed by atoms with Crippen LogP contribution in [0.5, 0.6) is 0 Å². The number of carbonyl (C=O) groups is 1. The van der Waals surface area contributed by atoms with Crippen molar-refractivity contribution in [2.24, 2.45) is 0 Å². The summed E-state index contributed by atoms with van der Waals surface area (Å²) < 4.78 is 0. The largest absolute Gasteiger partial charge is 0.341 e. The van der Waals surface area contributed by atoms with E-state index in [4.69, 9.17) is 0 Å². The normalized spacial score (nSPS) is 14.2. The Bertz CT molecular complexity index is 666. The second-order valence-electron chi connectivity index (χ2n) is 5.59. The summed E-state index contributed by atoms with van der Waals surface area (Å²) in [6.45, 7) is 3.83. The van der Waals surface area contributed by atoms with E-state index in [1.807, 2.05) is 37.3 Å². The summed E-state index contributed by atoms with van der Waals surface area (Å²) >= 11 is 0. The van der Waals surface area contributed by atoms with Crippen LogP contribution in [-0.2, 0) is 0 Å². The third-order valence-electron chi connectivity index (χ3n) is 3.90. The average molecular weight is 296 g/mol. The molecule has 1 amide bonds. The Labute approximate surface area is 130 Å². The molecule has 5 heteroatoms. The van der Waals surface area contributed by atoms with Crippen LogP contribution in [0, 0.1) is 6.92 Å². The van der Waals surface area contributed by atoms with Crippen molar-refractivity contribution in [1.82, 2.24) is 9.97 Å². The van der Waals surface area contributed by atoms with Gasteiger partial charge in [-0.3, -0.25) is 4.79 Å². The first-order valence-electron chi connectivity index (χ1n) is 7.59. The molecule has 1 saturated heterocycles. The maximum absolute atomic E-state index is 12.7. The minimum absolute atomic E-state index is 0.114. The molecule has 0 saturated carbocycles. The monoisotopic (exact) mass is 296 g/mol. The lowest BCUT2D eigenvalue weighted by Crippen LogP contribution is -2.29. The van der Waals surface area contributed by atoms with Gasteiger partial charge in [-0.1, -0.05) is 18.2 Å². The van der Waals surface area contributed by atoms with Crippen LogP contribution < -0.4 is 9.80 Å². The molecule has 5 nitrogen and oxygen atoms in total. The topological polar surface area (TPSA) is 49.3 Å². The summed E-state index contributed by atoms with van der Waals surface area (Å²) in [6, 6.07) is 11.3. The van der Waals surface area contributed by atoms with E-state index in [1.165, 1.54) is 0 Å². The minimum atomic E-state index is -0.114. The van der Waals surface area contributed by atoms with Crippen LogP contribution in [0.3, 0.4) is 0 Å². The van der Waals surface area contributed by atoms with Crippen LogP contribution in [0.4, 0.5) is 11.6 Å². The van der Waals surface area contributed by atoms with Crippen molar-refractivity contribution < 1.29 is 4.79 Å². The highest BCUT2D eigenvalue weighted by atomic mass is 16.2. The Kier molecular flexibility index (Phi) is 4.04. The Balaban J connectivity index is 1.89. The Morgan fingerprint density at radius 1 is 1.14 bits per heavy atom. The standard InChI is InChI=1S/C17H20N4O/c1-13-12-15(19-17(18-13)21-10-6-7-11-21)16(22)20(2)14-8-4-3-5-9-14/h3-5,8-9,12H,6-7,10-11H2,1-2H3. The lowest BCUT2D eigenvalue weighted by atomic mass is 10.2. The fourth-order valence-corrected chi connectivity index (χ4v) is 2.66. The molecular formula is C17H20N4O. The van der Waals surface area contributed by atoms with E-state index >= 15 is 0 Å². The number of hydrogen-bond donors (Lipinski definition) is 0. The molecule has 2 aromatic rings. The fourth-order valence-electron chi connectivity index (χ4n) is 2.66. The third-order valence-corrected chi connectivity index (χ3v) is 3.90. The molecule has 0 N–H and O–H groups in total. The second-order valence-corrected chi connectivity index (χ2v) is 5.59. The number of anilines is 2. The van der Waals surface area contributed by atoms with Gasteiger partial charge in [0.1, 0.15) is 5.69 Å². The highest BCUT2D eigenvalue weighted by Crippen LogP contribution is 2.19. The van der Waals surface area contributed by atoms with Gasteiger partial charge in [0.05, 0.1) is 0 Å². The van der Waals surface area contributed by atoms with E-state index in [0.29, 0.717) is 11.6 Å². The molecule has 1 aromatic carbocycles. The van der Waals surface area contributed by atoms with E-state index < -0.39 is 0 Å². The smallest absolute Gasteiger partial charge is 0.276 e. The van der Waals surface area contributed by atoms with E-state index in [-0.39, 0.29) is 5.91 Å². The number of amides is 1. The van der Waals surface area contributed by atoms with Crippen molar-refractivity contribution in [3.8, 4) is 0 Å². The zero-order chi connectivity index (χ0) is 15.5. The van der Waals surface area contributed by atoms with Crippen molar-refractivity contribution in [3.63, 3.8) is 0 Å². The average Bonchev–Trinajstić information content (AvgIpc) is 3.08. The summed E-state index contributed by atoms with van der Waals surface area (Å²) in [7, 11) is 1.77. The molecular weight excluding hydrogens is 276 g/mol. The van der Waals surface area contributed by atoms with Gasteiger partial charge in [-0.25, -0.2) is 9.97 Å². The molecule has 0 unspecified atom stereocenters. The zero-order valence-corrected chi connectivity index (χ0v) is 13.0. The number of aromatic nitrogens is 2. The predicted molar refractivity (Wildman–Crippen MR) is 87.4 cm³/mol. The predicted octanol–water partition coefficient (Wildman–Crippen LogP) is 2.66. The van der Waals surface area contributed by atoms with Gasteiger partial charge in [-0.15, -0.1) is 0 Å². The Morgan fingerprint density at radius 3 is 2.50 bits per heavy atom. The molecule has 1 fully saturated rings. The molecule has 0 spiro atoms. The molecule has 1 aliphatic heterocycles. The minimum Gasteiger partial charge on any atom is -0.341 e. The van der Waals surface area contributed by atoms with Crippen molar-refractivity contribution in [1.29, 1.82) is 0 Å². The molecule has 0 atom stereocenters. The molecule has 1 aromatic heterocycles. The first kappa shape index (κ1) is 14.5. The Morgan fingerprint density at radius 2 is 1.82 bits per heavy atom. The van der Waals surface area contributed by atoms with Gasteiger partial charge < -0.3 is 9.80 Å². The van der Waals surface area contributed by atoms with Crippen LogP contribution >= 0.6 is 0 Å². The quantitative estimate of drug-likeness (QED) is 0.873. The molecule has 0 aliphatic carbocycles. The molecule has 114 valence electrons. The van der Waals surface area contributed by atoms with Gasteiger partial charge >= 0.3 is 0 Å². The number of nitrogens with zero attached hydrogens (tertiary/aromatic N) is 4. The number of aryl methyl sites for hydroxylation is 1. The maximum Gasteiger partial charge on any atom is 0.276 e. The second kappa shape index (κ2) is 6.13. The van der Waals surface area contributed by atoms with E-state index in [2.05, 4.69) is 14.9 Å². The number of hydrogen-bond acceptors (Lipinski definition) is 4. The number of benzene rings is 1. The zero-order valence-electron chi connectivity index (χ0n) is 13.0. The van der Waals surface area contributed by atoms with Gasteiger partial charge in [0.15, 0.2) is 0 Å². The van der Waals surface area contributed by atoms with Gasteiger partial charge in [0.25, 0.3) is 5.91 Å². The molecule has 0 radical (unpaired) electrons. The van der Waals surface area contributed by atoms with Crippen molar-refractivity contribution in [3.05, 3.63) is 47.8 Å². The molecule has 22 heavy (non-hydrogen) atoms. The summed E-state index contributed by atoms with van der Waals surface area (Å²) in [6.07, 6.45) is 2.31. The van der Waals surface area contributed by atoms with Gasteiger partial charge in [-0.2, -0.15) is 0 Å². The molecule has 1 aliphatic rings. The first-order chi connectivity index (χ1) is 10.6. The lowest BCUT2D eigenvalue weighted by Gasteiger charge is -2.19. The van der Waals surface area contributed by atoms with Crippen molar-refractivity contribution in [2.75, 3.05) is 29.9 Å². The highest BCUT2D eigenvalue weighted by Gasteiger charge is 2.20. The summed E-state index contributed by atoms with van der Waals surface area (Å²) in [5, 5.41) is 0. The van der Waals surface area contributed by atoms with E-state index in [0.717, 1.165) is 37.3 Å². The fraction of sp³-hybridized carbons (Fsp3) is 0.353. The van der Waals surface area contributed by atoms with Crippen LogP contribution in [0.25, 0.3) is 0 Å². The van der Waals surface area contributed by atoms with Crippen LogP contribution in [0.15, 0.2) is 36.4 Å². The molecule has 0 bridgehead atoms. The number of rotatable bonds is 3.